The first-order valence-electron chi connectivity index (χ1n) is 4.69. The summed E-state index contributed by atoms with van der Waals surface area (Å²) >= 11 is 0. The predicted octanol–water partition coefficient (Wildman–Crippen LogP) is 1.25. The van der Waals surface area contributed by atoms with Crippen molar-refractivity contribution in [3.63, 3.8) is 0 Å². The molecule has 0 aromatic heterocycles. The van der Waals surface area contributed by atoms with E-state index in [4.69, 9.17) is 14.6 Å². The fourth-order valence-corrected chi connectivity index (χ4v) is 1.21. The first-order chi connectivity index (χ1) is 6.88. The van der Waals surface area contributed by atoms with Crippen LogP contribution in [0.1, 0.15) is 5.56 Å². The van der Waals surface area contributed by atoms with Crippen LogP contribution in [-0.4, -0.2) is 32.0 Å². The lowest BCUT2D eigenvalue weighted by molar-refractivity contribution is 0.145. The minimum atomic E-state index is 0.144. The number of ether oxygens (including phenoxy) is 2. The van der Waals surface area contributed by atoms with Crippen molar-refractivity contribution in [3.8, 4) is 5.75 Å². The molecule has 3 heteroatoms. The highest BCUT2D eigenvalue weighted by molar-refractivity contribution is 5.33. The number of hydrogen-bond donors (Lipinski definition) is 1. The number of benzene rings is 1. The van der Waals surface area contributed by atoms with Crippen molar-refractivity contribution in [2.75, 3.05) is 26.9 Å². The Morgan fingerprint density at radius 2 is 2.00 bits per heavy atom. The summed E-state index contributed by atoms with van der Waals surface area (Å²) in [6, 6.07) is 7.72. The average Bonchev–Trinajstić information content (AvgIpc) is 2.21. The molecule has 1 aromatic carbocycles. The molecule has 0 radical (unpaired) electrons. The van der Waals surface area contributed by atoms with Gasteiger partial charge in [-0.05, 0) is 18.1 Å². The van der Waals surface area contributed by atoms with E-state index in [1.807, 2.05) is 24.3 Å². The van der Waals surface area contributed by atoms with E-state index in [0.717, 1.165) is 11.3 Å². The third-order valence-corrected chi connectivity index (χ3v) is 1.90. The predicted molar refractivity (Wildman–Crippen MR) is 54.6 cm³/mol. The minimum Gasteiger partial charge on any atom is -0.491 e. The van der Waals surface area contributed by atoms with Crippen LogP contribution in [0.5, 0.6) is 5.75 Å². The smallest absolute Gasteiger partial charge is 0.122 e. The SMILES string of the molecule is COCCOc1ccccc1CCO. The van der Waals surface area contributed by atoms with Crippen LogP contribution in [0.25, 0.3) is 0 Å². The molecule has 0 saturated heterocycles. The Balaban J connectivity index is 2.55. The fraction of sp³-hybridized carbons (Fsp3) is 0.455. The van der Waals surface area contributed by atoms with Crippen molar-refractivity contribution in [2.24, 2.45) is 0 Å². The summed E-state index contributed by atoms with van der Waals surface area (Å²) in [6.45, 7) is 1.26. The van der Waals surface area contributed by atoms with Gasteiger partial charge in [-0.15, -0.1) is 0 Å². The molecule has 1 aromatic rings. The molecule has 3 nitrogen and oxygen atoms in total. The van der Waals surface area contributed by atoms with Gasteiger partial charge in [0.1, 0.15) is 12.4 Å². The number of rotatable bonds is 6. The van der Waals surface area contributed by atoms with Crippen LogP contribution in [0.3, 0.4) is 0 Å². The van der Waals surface area contributed by atoms with Gasteiger partial charge in [0.25, 0.3) is 0 Å². The highest BCUT2D eigenvalue weighted by atomic mass is 16.5. The van der Waals surface area contributed by atoms with E-state index in [1.165, 1.54) is 0 Å². The standard InChI is InChI=1S/C11H16O3/c1-13-8-9-14-11-5-3-2-4-10(11)6-7-12/h2-5,12H,6-9H2,1H3. The van der Waals surface area contributed by atoms with Crippen molar-refractivity contribution in [1.82, 2.24) is 0 Å². The highest BCUT2D eigenvalue weighted by Gasteiger charge is 2.01. The molecule has 1 rings (SSSR count). The van der Waals surface area contributed by atoms with Crippen LogP contribution in [0.15, 0.2) is 24.3 Å². The highest BCUT2D eigenvalue weighted by Crippen LogP contribution is 2.17. The minimum absolute atomic E-state index is 0.144. The van der Waals surface area contributed by atoms with Gasteiger partial charge in [0.05, 0.1) is 6.61 Å². The zero-order chi connectivity index (χ0) is 10.2. The Kier molecular flexibility index (Phi) is 5.04. The quantitative estimate of drug-likeness (QED) is 0.696. The van der Waals surface area contributed by atoms with Gasteiger partial charge in [0.15, 0.2) is 0 Å². The first kappa shape index (κ1) is 11.0. The third-order valence-electron chi connectivity index (χ3n) is 1.90. The van der Waals surface area contributed by atoms with Crippen molar-refractivity contribution >= 4 is 0 Å². The van der Waals surface area contributed by atoms with E-state index >= 15 is 0 Å². The molecule has 0 aliphatic heterocycles. The zero-order valence-corrected chi connectivity index (χ0v) is 8.40. The summed E-state index contributed by atoms with van der Waals surface area (Å²) in [5.41, 5.74) is 1.03. The molecule has 1 N–H and O–H groups in total. The molecular formula is C11H16O3. The average molecular weight is 196 g/mol. The fourth-order valence-electron chi connectivity index (χ4n) is 1.21. The first-order valence-corrected chi connectivity index (χ1v) is 4.69. The normalized spacial score (nSPS) is 10.1. The lowest BCUT2D eigenvalue weighted by Crippen LogP contribution is -2.06. The lowest BCUT2D eigenvalue weighted by Gasteiger charge is -2.09. The van der Waals surface area contributed by atoms with Crippen LogP contribution in [-0.2, 0) is 11.2 Å². The summed E-state index contributed by atoms with van der Waals surface area (Å²) < 4.78 is 10.4. The van der Waals surface area contributed by atoms with E-state index in [1.54, 1.807) is 7.11 Å². The van der Waals surface area contributed by atoms with Crippen LogP contribution in [0.4, 0.5) is 0 Å². The molecule has 0 fully saturated rings. The molecule has 0 saturated carbocycles. The topological polar surface area (TPSA) is 38.7 Å². The van der Waals surface area contributed by atoms with Gasteiger partial charge in [-0.3, -0.25) is 0 Å². The molecule has 0 amide bonds. The molecule has 0 spiro atoms. The van der Waals surface area contributed by atoms with E-state index in [0.29, 0.717) is 19.6 Å². The Morgan fingerprint density at radius 1 is 1.21 bits per heavy atom. The van der Waals surface area contributed by atoms with Gasteiger partial charge >= 0.3 is 0 Å². The molecule has 0 bridgehead atoms. The maximum atomic E-state index is 8.84. The summed E-state index contributed by atoms with van der Waals surface area (Å²) in [5.74, 6) is 0.832. The lowest BCUT2D eigenvalue weighted by atomic mass is 10.1. The number of aliphatic hydroxyl groups is 1. The summed E-state index contributed by atoms with van der Waals surface area (Å²) in [6.07, 6.45) is 0.628. The second-order valence-corrected chi connectivity index (χ2v) is 2.92. The largest absolute Gasteiger partial charge is 0.491 e. The Hall–Kier alpha value is -1.06. The van der Waals surface area contributed by atoms with Gasteiger partial charge < -0.3 is 14.6 Å². The second-order valence-electron chi connectivity index (χ2n) is 2.92. The number of hydrogen-bond acceptors (Lipinski definition) is 3. The van der Waals surface area contributed by atoms with Crippen LogP contribution in [0, 0.1) is 0 Å². The van der Waals surface area contributed by atoms with Gasteiger partial charge in [0.2, 0.25) is 0 Å². The van der Waals surface area contributed by atoms with Crippen molar-refractivity contribution in [2.45, 2.75) is 6.42 Å². The van der Waals surface area contributed by atoms with E-state index in [-0.39, 0.29) is 6.61 Å². The molecule has 0 heterocycles. The van der Waals surface area contributed by atoms with Crippen molar-refractivity contribution < 1.29 is 14.6 Å². The summed E-state index contributed by atoms with van der Waals surface area (Å²) in [5, 5.41) is 8.84. The van der Waals surface area contributed by atoms with Gasteiger partial charge in [-0.25, -0.2) is 0 Å². The van der Waals surface area contributed by atoms with Gasteiger partial charge in [-0.2, -0.15) is 0 Å². The molecule has 0 unspecified atom stereocenters. The zero-order valence-electron chi connectivity index (χ0n) is 8.40. The third kappa shape index (κ3) is 3.36. The molecule has 0 aliphatic rings. The van der Waals surface area contributed by atoms with Crippen LogP contribution < -0.4 is 4.74 Å². The second kappa shape index (κ2) is 6.40. The maximum absolute atomic E-state index is 8.84. The van der Waals surface area contributed by atoms with E-state index in [9.17, 15) is 0 Å². The van der Waals surface area contributed by atoms with E-state index in [2.05, 4.69) is 0 Å². The summed E-state index contributed by atoms with van der Waals surface area (Å²) in [7, 11) is 1.64. The Bertz CT molecular complexity index is 260. The molecular weight excluding hydrogens is 180 g/mol. The monoisotopic (exact) mass is 196 g/mol. The molecule has 0 aliphatic carbocycles. The molecule has 0 atom stereocenters. The van der Waals surface area contributed by atoms with Crippen LogP contribution in [0.2, 0.25) is 0 Å². The maximum Gasteiger partial charge on any atom is 0.122 e. The summed E-state index contributed by atoms with van der Waals surface area (Å²) in [4.78, 5) is 0. The van der Waals surface area contributed by atoms with Crippen molar-refractivity contribution in [1.29, 1.82) is 0 Å². The number of para-hydroxylation sites is 1. The molecule has 14 heavy (non-hydrogen) atoms. The van der Waals surface area contributed by atoms with Gasteiger partial charge in [0, 0.05) is 13.7 Å². The molecule has 78 valence electrons. The van der Waals surface area contributed by atoms with Crippen LogP contribution >= 0.6 is 0 Å². The Labute approximate surface area is 84.3 Å². The van der Waals surface area contributed by atoms with Gasteiger partial charge in [-0.1, -0.05) is 18.2 Å². The Morgan fingerprint density at radius 3 is 2.71 bits per heavy atom. The van der Waals surface area contributed by atoms with Crippen molar-refractivity contribution in [3.05, 3.63) is 29.8 Å². The van der Waals surface area contributed by atoms with E-state index < -0.39 is 0 Å². The number of aliphatic hydroxyl groups excluding tert-OH is 1. The number of methoxy groups -OCH3 is 1.